The minimum atomic E-state index is -0.986. The number of hydrogen-bond acceptors (Lipinski definition) is 10. The van der Waals surface area contributed by atoms with Crippen LogP contribution >= 0.6 is 0 Å². The number of nitrogens with zero attached hydrogens (tertiary/aromatic N) is 3. The number of hydroxylamine groups is 6. The highest BCUT2D eigenvalue weighted by Crippen LogP contribution is 2.23. The Morgan fingerprint density at radius 3 is 1.40 bits per heavy atom. The summed E-state index contributed by atoms with van der Waals surface area (Å²) in [7, 11) is 0. The molecule has 1 aromatic rings. The van der Waals surface area contributed by atoms with E-state index in [1.54, 1.807) is 24.3 Å². The molecule has 17 heteroatoms. The van der Waals surface area contributed by atoms with Gasteiger partial charge in [0.25, 0.3) is 0 Å². The number of amides is 6. The molecule has 0 aliphatic rings. The summed E-state index contributed by atoms with van der Waals surface area (Å²) in [6.07, 6.45) is 4.01. The fraction of sp³-hybridized carbons (Fsp3) is 0.639. The predicted molar refractivity (Wildman–Crippen MR) is 196 cm³/mol. The van der Waals surface area contributed by atoms with Crippen LogP contribution in [0.25, 0.3) is 0 Å². The van der Waals surface area contributed by atoms with Crippen LogP contribution in [0.4, 0.5) is 0 Å². The molecule has 4 N–H and O–H groups in total. The van der Waals surface area contributed by atoms with Crippen LogP contribution in [0.2, 0.25) is 0 Å². The molecule has 0 saturated heterocycles. The fourth-order valence-corrected chi connectivity index (χ4v) is 5.17. The topological polar surface area (TPSA) is 255 Å². The van der Waals surface area contributed by atoms with Crippen molar-refractivity contribution < 1.29 is 38.7 Å². The first kappa shape index (κ1) is 46.4. The van der Waals surface area contributed by atoms with Gasteiger partial charge in [0.05, 0.1) is 6.42 Å². The van der Waals surface area contributed by atoms with Crippen molar-refractivity contribution in [2.45, 2.75) is 109 Å². The Hall–Kier alpha value is -4.61. The van der Waals surface area contributed by atoms with Gasteiger partial charge in [-0.25, -0.2) is 0 Å². The number of benzene rings is 1. The van der Waals surface area contributed by atoms with Gasteiger partial charge < -0.3 is 51.9 Å². The lowest BCUT2D eigenvalue weighted by molar-refractivity contribution is -0.137. The van der Waals surface area contributed by atoms with Gasteiger partial charge in [-0.05, 0) is 63.4 Å². The van der Waals surface area contributed by atoms with Gasteiger partial charge in [0, 0.05) is 84.2 Å². The second-order valence-corrected chi connectivity index (χ2v) is 12.8. The van der Waals surface area contributed by atoms with E-state index >= 15 is 0 Å². The molecule has 6 amide bonds. The number of aliphatic carboxylic acids is 1. The van der Waals surface area contributed by atoms with E-state index in [0.717, 1.165) is 5.56 Å². The first-order valence-electron chi connectivity index (χ1n) is 18.3. The standard InChI is InChI=1S/C36H55N6O11/c1-28(43)40(51)23-11-3-8-20-37-31(44)16-18-34(47)41(52)24-12-4-9-21-38-32(45)17-19-35(48)42(53)25-13-5-10-22-39-33(46)26-30(27-36(49)50)29-14-6-2-7-15-29/h2,6-7,14-15,30H,3-5,8-13,16-27H2,1H3,(H,37,44)(H,38,45)(H,39,46)(H,49,50)/q-3. The maximum Gasteiger partial charge on any atom is 0.303 e. The van der Waals surface area contributed by atoms with Crippen LogP contribution in [0, 0.1) is 15.6 Å². The van der Waals surface area contributed by atoms with Crippen molar-refractivity contribution in [1.82, 2.24) is 31.1 Å². The van der Waals surface area contributed by atoms with Gasteiger partial charge in [-0.1, -0.05) is 30.3 Å². The quantitative estimate of drug-likeness (QED) is 0.0684. The lowest BCUT2D eigenvalue weighted by Crippen LogP contribution is -2.30. The molecule has 298 valence electrons. The zero-order valence-corrected chi connectivity index (χ0v) is 30.7. The Morgan fingerprint density at radius 1 is 0.566 bits per heavy atom. The minimum absolute atomic E-state index is 0.0371. The van der Waals surface area contributed by atoms with E-state index < -0.39 is 29.6 Å². The molecule has 0 bridgehead atoms. The Labute approximate surface area is 310 Å². The minimum Gasteiger partial charge on any atom is -0.756 e. The molecule has 0 spiro atoms. The maximum absolute atomic E-state index is 12.3. The van der Waals surface area contributed by atoms with Crippen molar-refractivity contribution >= 4 is 41.4 Å². The van der Waals surface area contributed by atoms with Crippen LogP contribution in [0.3, 0.4) is 0 Å². The third kappa shape index (κ3) is 23.5. The molecule has 1 rings (SSSR count). The van der Waals surface area contributed by atoms with Crippen LogP contribution < -0.4 is 16.0 Å². The van der Waals surface area contributed by atoms with E-state index in [-0.39, 0.29) is 75.9 Å². The Bertz CT molecular complexity index is 1280. The van der Waals surface area contributed by atoms with E-state index in [4.69, 9.17) is 0 Å². The van der Waals surface area contributed by atoms with Gasteiger partial charge in [0.1, 0.15) is 0 Å². The van der Waals surface area contributed by atoms with Gasteiger partial charge in [-0.15, -0.1) is 0 Å². The van der Waals surface area contributed by atoms with Gasteiger partial charge in [-0.2, -0.15) is 0 Å². The summed E-state index contributed by atoms with van der Waals surface area (Å²) in [5.74, 6) is -4.38. The number of hydrogen-bond donors (Lipinski definition) is 4. The Balaban J connectivity index is 2.05. The summed E-state index contributed by atoms with van der Waals surface area (Å²) < 4.78 is 0. The second-order valence-electron chi connectivity index (χ2n) is 12.8. The molecule has 1 unspecified atom stereocenters. The molecule has 0 radical (unpaired) electrons. The second kappa shape index (κ2) is 28.0. The average Bonchev–Trinajstić information content (AvgIpc) is 3.13. The van der Waals surface area contributed by atoms with Crippen LogP contribution in [0.15, 0.2) is 30.3 Å². The van der Waals surface area contributed by atoms with Gasteiger partial charge in [0.15, 0.2) is 0 Å². The molecule has 1 atom stereocenters. The van der Waals surface area contributed by atoms with E-state index in [0.29, 0.717) is 92.6 Å². The van der Waals surface area contributed by atoms with E-state index in [1.165, 1.54) is 6.92 Å². The number of nitrogens with one attached hydrogen (secondary N) is 3. The van der Waals surface area contributed by atoms with Gasteiger partial charge in [0.2, 0.25) is 35.4 Å². The van der Waals surface area contributed by atoms with Crippen molar-refractivity contribution in [1.29, 1.82) is 0 Å². The maximum atomic E-state index is 12.3. The molecular weight excluding hydrogens is 692 g/mol. The normalized spacial score (nSPS) is 11.2. The number of carbonyl (C=O) groups excluding carboxylic acids is 6. The summed E-state index contributed by atoms with van der Waals surface area (Å²) in [5, 5.41) is 53.5. The summed E-state index contributed by atoms with van der Waals surface area (Å²) in [6.45, 7) is 2.23. The Kier molecular flexibility index (Phi) is 24.5. The number of carboxylic acids is 1. The number of unbranched alkanes of at least 4 members (excludes halogenated alkanes) is 6. The summed E-state index contributed by atoms with van der Waals surface area (Å²) >= 11 is 0. The van der Waals surface area contributed by atoms with Crippen molar-refractivity contribution in [3.63, 3.8) is 0 Å². The lowest BCUT2D eigenvalue weighted by atomic mass is 9.92. The third-order valence-electron chi connectivity index (χ3n) is 8.24. The SMILES string of the molecule is CC(=O)N([O-])CCCCCNC(=O)CCC(=O)N([O-])CCCCCNC(=O)CCC(=O)N([O-])CCCCCNC(=O)CC(CC(=O)O)c1ccccc1. The molecule has 0 aliphatic heterocycles. The number of carbonyl (C=O) groups is 7. The van der Waals surface area contributed by atoms with Crippen LogP contribution in [0.1, 0.15) is 115 Å². The summed E-state index contributed by atoms with van der Waals surface area (Å²) in [4.78, 5) is 82.5. The number of rotatable bonds is 29. The highest BCUT2D eigenvalue weighted by atomic mass is 16.5. The fourth-order valence-electron chi connectivity index (χ4n) is 5.17. The van der Waals surface area contributed by atoms with E-state index in [1.807, 2.05) is 6.07 Å². The molecule has 1 aromatic carbocycles. The van der Waals surface area contributed by atoms with Crippen molar-refractivity contribution in [2.75, 3.05) is 39.3 Å². The van der Waals surface area contributed by atoms with Crippen LogP contribution in [-0.4, -0.2) is 101 Å². The van der Waals surface area contributed by atoms with E-state index in [9.17, 15) is 54.3 Å². The summed E-state index contributed by atoms with van der Waals surface area (Å²) in [6, 6.07) is 8.98. The predicted octanol–water partition coefficient (Wildman–Crippen LogP) is 3.05. The van der Waals surface area contributed by atoms with Gasteiger partial charge in [-0.3, -0.25) is 33.6 Å². The smallest absolute Gasteiger partial charge is 0.303 e. The highest BCUT2D eigenvalue weighted by molar-refractivity contribution is 5.84. The van der Waals surface area contributed by atoms with Crippen molar-refractivity contribution in [3.8, 4) is 0 Å². The van der Waals surface area contributed by atoms with E-state index in [2.05, 4.69) is 16.0 Å². The molecule has 0 heterocycles. The molecular formula is C36H55N6O11-3. The molecule has 0 saturated carbocycles. The van der Waals surface area contributed by atoms with Gasteiger partial charge >= 0.3 is 5.97 Å². The lowest BCUT2D eigenvalue weighted by Gasteiger charge is -2.28. The zero-order valence-electron chi connectivity index (χ0n) is 30.7. The largest absolute Gasteiger partial charge is 0.756 e. The monoisotopic (exact) mass is 747 g/mol. The average molecular weight is 748 g/mol. The molecule has 53 heavy (non-hydrogen) atoms. The van der Waals surface area contributed by atoms with Crippen molar-refractivity contribution in [2.24, 2.45) is 0 Å². The molecule has 0 aliphatic carbocycles. The zero-order chi connectivity index (χ0) is 39.4. The number of carboxylic acid groups (broad SMARTS) is 1. The Morgan fingerprint density at radius 2 is 0.981 bits per heavy atom. The van der Waals surface area contributed by atoms with Crippen LogP contribution in [0.5, 0.6) is 0 Å². The first-order chi connectivity index (χ1) is 25.3. The summed E-state index contributed by atoms with van der Waals surface area (Å²) in [5.41, 5.74) is 0.779. The molecule has 0 aromatic heterocycles. The van der Waals surface area contributed by atoms with Crippen molar-refractivity contribution in [3.05, 3.63) is 51.5 Å². The highest BCUT2D eigenvalue weighted by Gasteiger charge is 2.19. The first-order valence-corrected chi connectivity index (χ1v) is 18.3. The third-order valence-corrected chi connectivity index (χ3v) is 8.24. The molecule has 17 nitrogen and oxygen atoms in total. The molecule has 0 fully saturated rings. The van der Waals surface area contributed by atoms with Crippen LogP contribution in [-0.2, 0) is 33.6 Å².